The maximum absolute atomic E-state index is 12.3. The summed E-state index contributed by atoms with van der Waals surface area (Å²) in [5, 5.41) is 10.6. The van der Waals surface area contributed by atoms with E-state index in [0.717, 1.165) is 11.3 Å². The van der Waals surface area contributed by atoms with Gasteiger partial charge in [0.25, 0.3) is 0 Å². The molecule has 26 heavy (non-hydrogen) atoms. The van der Waals surface area contributed by atoms with Crippen LogP contribution >= 0.6 is 0 Å². The SMILES string of the molecule is C=CC(O)N(C)c1cccc(-c2ncnc3[nH]cc(C(=O)OCC)c23)c1. The number of aliphatic hydroxyl groups excluding tert-OH is 1. The summed E-state index contributed by atoms with van der Waals surface area (Å²) in [6.07, 6.45) is 3.66. The van der Waals surface area contributed by atoms with Gasteiger partial charge in [0.15, 0.2) is 0 Å². The number of H-pyrrole nitrogens is 1. The lowest BCUT2D eigenvalue weighted by molar-refractivity contribution is 0.0528. The van der Waals surface area contributed by atoms with E-state index in [1.807, 2.05) is 24.3 Å². The smallest absolute Gasteiger partial charge is 0.340 e. The number of aromatic nitrogens is 3. The van der Waals surface area contributed by atoms with Crippen molar-refractivity contribution in [3.63, 3.8) is 0 Å². The van der Waals surface area contributed by atoms with Crippen molar-refractivity contribution in [2.75, 3.05) is 18.6 Å². The number of nitrogens with zero attached hydrogens (tertiary/aromatic N) is 3. The molecule has 3 rings (SSSR count). The quantitative estimate of drug-likeness (QED) is 0.403. The number of benzene rings is 1. The normalized spacial score (nSPS) is 12.0. The zero-order chi connectivity index (χ0) is 18.7. The maximum atomic E-state index is 12.3. The zero-order valence-corrected chi connectivity index (χ0v) is 14.6. The fourth-order valence-corrected chi connectivity index (χ4v) is 2.73. The van der Waals surface area contributed by atoms with Gasteiger partial charge in [-0.15, -0.1) is 0 Å². The van der Waals surface area contributed by atoms with Gasteiger partial charge in [-0.05, 0) is 25.1 Å². The summed E-state index contributed by atoms with van der Waals surface area (Å²) in [4.78, 5) is 25.5. The first-order valence-corrected chi connectivity index (χ1v) is 8.20. The van der Waals surface area contributed by atoms with Crippen molar-refractivity contribution in [3.8, 4) is 11.3 Å². The van der Waals surface area contributed by atoms with Crippen LogP contribution in [-0.4, -0.2) is 45.9 Å². The minimum absolute atomic E-state index is 0.286. The predicted molar refractivity (Wildman–Crippen MR) is 99.9 cm³/mol. The molecule has 0 aliphatic carbocycles. The Labute approximate surface area is 151 Å². The monoisotopic (exact) mass is 352 g/mol. The van der Waals surface area contributed by atoms with Gasteiger partial charge in [-0.25, -0.2) is 14.8 Å². The molecule has 0 amide bonds. The van der Waals surface area contributed by atoms with E-state index >= 15 is 0 Å². The van der Waals surface area contributed by atoms with Gasteiger partial charge < -0.3 is 19.7 Å². The van der Waals surface area contributed by atoms with E-state index < -0.39 is 12.2 Å². The summed E-state index contributed by atoms with van der Waals surface area (Å²) in [5.74, 6) is -0.426. The molecule has 1 aromatic carbocycles. The minimum Gasteiger partial charge on any atom is -0.462 e. The van der Waals surface area contributed by atoms with Gasteiger partial charge in [-0.1, -0.05) is 18.7 Å². The van der Waals surface area contributed by atoms with Crippen LogP contribution in [0.4, 0.5) is 5.69 Å². The Kier molecular flexibility index (Phi) is 4.99. The molecule has 0 radical (unpaired) electrons. The number of aromatic amines is 1. The number of hydrogen-bond acceptors (Lipinski definition) is 6. The molecule has 2 heterocycles. The maximum Gasteiger partial charge on any atom is 0.340 e. The topological polar surface area (TPSA) is 91.3 Å². The van der Waals surface area contributed by atoms with Crippen molar-refractivity contribution in [3.05, 3.63) is 55.0 Å². The molecule has 134 valence electrons. The first-order valence-electron chi connectivity index (χ1n) is 8.20. The van der Waals surface area contributed by atoms with Crippen LogP contribution in [0.5, 0.6) is 0 Å². The Morgan fingerprint density at radius 2 is 2.27 bits per heavy atom. The molecule has 7 nitrogen and oxygen atoms in total. The van der Waals surface area contributed by atoms with E-state index in [2.05, 4.69) is 21.5 Å². The van der Waals surface area contributed by atoms with Crippen LogP contribution in [0.3, 0.4) is 0 Å². The van der Waals surface area contributed by atoms with Gasteiger partial charge >= 0.3 is 5.97 Å². The average molecular weight is 352 g/mol. The van der Waals surface area contributed by atoms with Crippen molar-refractivity contribution in [1.29, 1.82) is 0 Å². The molecule has 2 N–H and O–H groups in total. The van der Waals surface area contributed by atoms with Crippen LogP contribution in [0.2, 0.25) is 0 Å². The van der Waals surface area contributed by atoms with Crippen molar-refractivity contribution in [2.45, 2.75) is 13.2 Å². The standard InChI is InChI=1S/C19H20N4O3/c1-4-15(24)23(3)13-8-6-7-12(9-13)17-16-14(19(25)26-5-2)10-20-18(16)22-11-21-17/h4,6-11,15,24H,1,5H2,2-3H3,(H,20,21,22). The van der Waals surface area contributed by atoms with Crippen LogP contribution in [0.15, 0.2) is 49.4 Å². The summed E-state index contributed by atoms with van der Waals surface area (Å²) in [5.41, 5.74) is 3.14. The number of carbonyl (C=O) groups excluding carboxylic acids is 1. The van der Waals surface area contributed by atoms with Gasteiger partial charge in [-0.2, -0.15) is 0 Å². The summed E-state index contributed by atoms with van der Waals surface area (Å²) in [6.45, 7) is 5.65. The largest absolute Gasteiger partial charge is 0.462 e. The molecule has 0 aliphatic heterocycles. The number of rotatable bonds is 6. The van der Waals surface area contributed by atoms with E-state index in [0.29, 0.717) is 22.3 Å². The number of ether oxygens (including phenoxy) is 1. The van der Waals surface area contributed by atoms with E-state index in [9.17, 15) is 9.90 Å². The fourth-order valence-electron chi connectivity index (χ4n) is 2.73. The highest BCUT2D eigenvalue weighted by Crippen LogP contribution is 2.31. The molecule has 1 unspecified atom stereocenters. The highest BCUT2D eigenvalue weighted by Gasteiger charge is 2.19. The second kappa shape index (κ2) is 7.37. The van der Waals surface area contributed by atoms with Crippen LogP contribution in [0.1, 0.15) is 17.3 Å². The highest BCUT2D eigenvalue weighted by molar-refractivity contribution is 6.08. The lowest BCUT2D eigenvalue weighted by Gasteiger charge is -2.23. The van der Waals surface area contributed by atoms with E-state index in [1.54, 1.807) is 25.1 Å². The van der Waals surface area contributed by atoms with Gasteiger partial charge in [0, 0.05) is 24.5 Å². The fraction of sp³-hybridized carbons (Fsp3) is 0.211. The number of likely N-dealkylation sites (N-methyl/N-ethyl adjacent to an activating group) is 1. The number of carbonyl (C=O) groups is 1. The number of esters is 1. The number of hydrogen-bond donors (Lipinski definition) is 2. The summed E-state index contributed by atoms with van der Waals surface area (Å²) >= 11 is 0. The van der Waals surface area contributed by atoms with Gasteiger partial charge in [0.1, 0.15) is 18.2 Å². The molecule has 0 saturated heterocycles. The Bertz CT molecular complexity index is 951. The lowest BCUT2D eigenvalue weighted by atomic mass is 10.1. The van der Waals surface area contributed by atoms with Crippen molar-refractivity contribution in [1.82, 2.24) is 15.0 Å². The number of nitrogens with one attached hydrogen (secondary N) is 1. The van der Waals surface area contributed by atoms with Crippen LogP contribution in [0.25, 0.3) is 22.3 Å². The Hall–Kier alpha value is -3.19. The van der Waals surface area contributed by atoms with E-state index in [4.69, 9.17) is 4.74 Å². The second-order valence-corrected chi connectivity index (χ2v) is 5.68. The average Bonchev–Trinajstić information content (AvgIpc) is 3.11. The van der Waals surface area contributed by atoms with Crippen LogP contribution in [-0.2, 0) is 4.74 Å². The minimum atomic E-state index is -0.807. The summed E-state index contributed by atoms with van der Waals surface area (Å²) < 4.78 is 5.13. The molecule has 0 saturated carbocycles. The number of aliphatic hydroxyl groups is 1. The third-order valence-electron chi connectivity index (χ3n) is 4.10. The van der Waals surface area contributed by atoms with Crippen molar-refractivity contribution >= 4 is 22.7 Å². The van der Waals surface area contributed by atoms with Crippen LogP contribution in [0, 0.1) is 0 Å². The molecule has 0 bridgehead atoms. The Morgan fingerprint density at radius 3 is 3.00 bits per heavy atom. The molecular weight excluding hydrogens is 332 g/mol. The summed E-state index contributed by atoms with van der Waals surface area (Å²) in [6, 6.07) is 7.51. The summed E-state index contributed by atoms with van der Waals surface area (Å²) in [7, 11) is 1.77. The first-order chi connectivity index (χ1) is 12.6. The van der Waals surface area contributed by atoms with Crippen molar-refractivity contribution in [2.24, 2.45) is 0 Å². The molecule has 2 aromatic heterocycles. The van der Waals surface area contributed by atoms with Gasteiger partial charge in [0.05, 0.1) is 23.3 Å². The van der Waals surface area contributed by atoms with Crippen LogP contribution < -0.4 is 4.90 Å². The lowest BCUT2D eigenvalue weighted by Crippen LogP contribution is -2.28. The molecule has 0 aliphatic rings. The molecular formula is C19H20N4O3. The molecule has 1 atom stereocenters. The number of anilines is 1. The first kappa shape index (κ1) is 17.6. The Balaban J connectivity index is 2.12. The molecule has 0 spiro atoms. The van der Waals surface area contributed by atoms with Gasteiger partial charge in [0.2, 0.25) is 0 Å². The predicted octanol–water partition coefficient (Wildman–Crippen LogP) is 2.74. The molecule has 7 heteroatoms. The second-order valence-electron chi connectivity index (χ2n) is 5.68. The van der Waals surface area contributed by atoms with Gasteiger partial charge in [-0.3, -0.25) is 0 Å². The zero-order valence-electron chi connectivity index (χ0n) is 14.6. The molecule has 0 fully saturated rings. The van der Waals surface area contributed by atoms with E-state index in [1.165, 1.54) is 12.4 Å². The highest BCUT2D eigenvalue weighted by atomic mass is 16.5. The Morgan fingerprint density at radius 1 is 1.46 bits per heavy atom. The third-order valence-corrected chi connectivity index (χ3v) is 4.10. The van der Waals surface area contributed by atoms with E-state index in [-0.39, 0.29) is 6.61 Å². The van der Waals surface area contributed by atoms with Crippen molar-refractivity contribution < 1.29 is 14.6 Å². The molecule has 3 aromatic rings. The third kappa shape index (κ3) is 3.16. The number of fused-ring (bicyclic) bond motifs is 1.